The highest BCUT2D eigenvalue weighted by Gasteiger charge is 2.12. The Morgan fingerprint density at radius 3 is 2.62 bits per heavy atom. The number of carbonyl (C=O) groups excluding carboxylic acids is 1. The van der Waals surface area contributed by atoms with Crippen LogP contribution in [0.3, 0.4) is 0 Å². The summed E-state index contributed by atoms with van der Waals surface area (Å²) in [5.41, 5.74) is 9.17. The van der Waals surface area contributed by atoms with Gasteiger partial charge < -0.3 is 25.2 Å². The predicted octanol–water partition coefficient (Wildman–Crippen LogP) is 2.01. The van der Waals surface area contributed by atoms with Crippen molar-refractivity contribution < 1.29 is 14.4 Å². The minimum atomic E-state index is -0.658. The van der Waals surface area contributed by atoms with Crippen molar-refractivity contribution in [2.45, 2.75) is 26.1 Å². The van der Waals surface area contributed by atoms with Crippen LogP contribution in [0.15, 0.2) is 65.6 Å². The minimum Gasteiger partial charge on any atom is -0.385 e. The molecule has 0 aliphatic carbocycles. The molecule has 0 unspecified atom stereocenters. The highest BCUT2D eigenvalue weighted by Crippen LogP contribution is 2.22. The molecule has 9 nitrogen and oxygen atoms in total. The van der Waals surface area contributed by atoms with Gasteiger partial charge in [0.1, 0.15) is 17.6 Å². The lowest BCUT2D eigenvalue weighted by atomic mass is 10.1. The molecule has 0 aliphatic heterocycles. The fraction of sp³-hybridized carbons (Fsp3) is 0.200. The number of aliphatic hydroxyl groups excluding tert-OH is 1. The summed E-state index contributed by atoms with van der Waals surface area (Å²) in [6, 6.07) is 13.3. The highest BCUT2D eigenvalue weighted by atomic mass is 16.5. The summed E-state index contributed by atoms with van der Waals surface area (Å²) in [7, 11) is 0. The average Bonchev–Trinajstić information content (AvgIpc) is 3.49. The van der Waals surface area contributed by atoms with E-state index in [0.717, 1.165) is 28.1 Å². The van der Waals surface area contributed by atoms with Crippen LogP contribution in [-0.2, 0) is 17.9 Å². The lowest BCUT2D eigenvalue weighted by Crippen LogP contribution is -2.28. The molecular weight excluding hydrogens is 432 g/mol. The summed E-state index contributed by atoms with van der Waals surface area (Å²) < 4.78 is 7.34. The van der Waals surface area contributed by atoms with E-state index in [1.54, 1.807) is 25.5 Å². The topological polar surface area (TPSA) is 132 Å². The quantitative estimate of drug-likeness (QED) is 0.346. The molecule has 1 atom stereocenters. The third-order valence-electron chi connectivity index (χ3n) is 4.96. The maximum absolute atomic E-state index is 10.8. The molecule has 0 saturated carbocycles. The Morgan fingerprint density at radius 2 is 1.91 bits per heavy atom. The number of carbonyl (C=O) groups is 1. The number of nitrogens with zero attached hydrogens (tertiary/aromatic N) is 4. The number of nitrogens with one attached hydrogen (secondary N) is 1. The zero-order chi connectivity index (χ0) is 23.9. The van der Waals surface area contributed by atoms with E-state index in [2.05, 4.69) is 32.3 Å². The van der Waals surface area contributed by atoms with Crippen LogP contribution >= 0.6 is 0 Å². The van der Waals surface area contributed by atoms with E-state index in [4.69, 9.17) is 10.3 Å². The minimum absolute atomic E-state index is 0.114. The third-order valence-corrected chi connectivity index (χ3v) is 4.96. The van der Waals surface area contributed by atoms with Crippen LogP contribution < -0.4 is 11.1 Å². The molecule has 0 saturated heterocycles. The van der Waals surface area contributed by atoms with Gasteiger partial charge in [-0.3, -0.25) is 9.78 Å². The zero-order valence-corrected chi connectivity index (χ0v) is 18.6. The van der Waals surface area contributed by atoms with E-state index in [1.807, 2.05) is 47.0 Å². The molecule has 1 amide bonds. The van der Waals surface area contributed by atoms with Gasteiger partial charge in [0.2, 0.25) is 5.91 Å². The van der Waals surface area contributed by atoms with Crippen molar-refractivity contribution in [2.24, 2.45) is 5.73 Å². The van der Waals surface area contributed by atoms with Gasteiger partial charge in [-0.2, -0.15) is 0 Å². The maximum atomic E-state index is 10.8. The van der Waals surface area contributed by atoms with Crippen molar-refractivity contribution in [3.05, 3.63) is 89.4 Å². The van der Waals surface area contributed by atoms with Crippen molar-refractivity contribution in [1.82, 2.24) is 25.0 Å². The third kappa shape index (κ3) is 5.95. The maximum Gasteiger partial charge on any atom is 0.231 e. The summed E-state index contributed by atoms with van der Waals surface area (Å²) >= 11 is 0. The van der Waals surface area contributed by atoms with E-state index >= 15 is 0 Å². The molecule has 9 heteroatoms. The largest absolute Gasteiger partial charge is 0.385 e. The summed E-state index contributed by atoms with van der Waals surface area (Å²) in [5, 5.41) is 16.8. The zero-order valence-electron chi connectivity index (χ0n) is 18.6. The number of rotatable bonds is 8. The number of aromatic nitrogens is 4. The molecule has 4 N–H and O–H groups in total. The van der Waals surface area contributed by atoms with Crippen molar-refractivity contribution in [2.75, 3.05) is 6.54 Å². The second-order valence-electron chi connectivity index (χ2n) is 7.71. The second-order valence-corrected chi connectivity index (χ2v) is 7.71. The first-order valence-corrected chi connectivity index (χ1v) is 10.7. The van der Waals surface area contributed by atoms with E-state index in [1.165, 1.54) is 0 Å². The molecular formula is C25H24N6O3. The fourth-order valence-corrected chi connectivity index (χ4v) is 3.30. The Kier molecular flexibility index (Phi) is 7.13. The van der Waals surface area contributed by atoms with Gasteiger partial charge in [0, 0.05) is 47.9 Å². The van der Waals surface area contributed by atoms with Gasteiger partial charge in [0.05, 0.1) is 18.8 Å². The standard InChI is InChI=1S/C25H24N6O3/c1-17(32)25-28-10-11-31(25)16-22-12-23(34-30-22)20-7-4-18(5-8-20)2-3-19-6-9-21(29-13-19)14-27-15-24(26)33/h4-13,17,27,32H,14-16H2,1H3,(H2,26,33)/t17-/m0/s1. The molecule has 172 valence electrons. The molecule has 0 radical (unpaired) electrons. The molecule has 4 aromatic rings. The van der Waals surface area contributed by atoms with E-state index in [-0.39, 0.29) is 6.54 Å². The molecule has 0 fully saturated rings. The fourth-order valence-electron chi connectivity index (χ4n) is 3.30. The van der Waals surface area contributed by atoms with Crippen LogP contribution in [0.2, 0.25) is 0 Å². The summed E-state index contributed by atoms with van der Waals surface area (Å²) in [6.07, 6.45) is 4.49. The first-order chi connectivity index (χ1) is 16.5. The summed E-state index contributed by atoms with van der Waals surface area (Å²) in [4.78, 5) is 19.3. The SMILES string of the molecule is C[C@H](O)c1nccn1Cc1cc(-c2ccc(C#Cc3ccc(CNCC(N)=O)nc3)cc2)on1. The van der Waals surface area contributed by atoms with Gasteiger partial charge in [-0.05, 0) is 43.3 Å². The average molecular weight is 457 g/mol. The molecule has 3 heterocycles. The Hall–Kier alpha value is -4.26. The molecule has 34 heavy (non-hydrogen) atoms. The first kappa shape index (κ1) is 22.9. The summed E-state index contributed by atoms with van der Waals surface area (Å²) in [5.74, 6) is 7.04. The Bertz CT molecular complexity index is 1310. The Morgan fingerprint density at radius 1 is 1.15 bits per heavy atom. The summed E-state index contributed by atoms with van der Waals surface area (Å²) in [6.45, 7) is 2.71. The number of nitrogens with two attached hydrogens (primary N) is 1. The number of primary amides is 1. The highest BCUT2D eigenvalue weighted by molar-refractivity contribution is 5.75. The molecule has 0 bridgehead atoms. The number of aliphatic hydroxyl groups is 1. The lowest BCUT2D eigenvalue weighted by molar-refractivity contribution is -0.117. The molecule has 4 rings (SSSR count). The van der Waals surface area contributed by atoms with Gasteiger partial charge in [-0.1, -0.05) is 17.0 Å². The predicted molar refractivity (Wildman–Crippen MR) is 125 cm³/mol. The van der Waals surface area contributed by atoms with E-state index in [0.29, 0.717) is 24.7 Å². The van der Waals surface area contributed by atoms with Crippen LogP contribution in [0, 0.1) is 11.8 Å². The van der Waals surface area contributed by atoms with Gasteiger partial charge in [-0.25, -0.2) is 4.98 Å². The van der Waals surface area contributed by atoms with Crippen LogP contribution in [-0.4, -0.2) is 37.3 Å². The second kappa shape index (κ2) is 10.6. The van der Waals surface area contributed by atoms with Crippen LogP contribution in [0.5, 0.6) is 0 Å². The molecule has 3 aromatic heterocycles. The molecule has 0 aliphatic rings. The number of amides is 1. The smallest absolute Gasteiger partial charge is 0.231 e. The van der Waals surface area contributed by atoms with E-state index in [9.17, 15) is 9.90 Å². The van der Waals surface area contributed by atoms with Crippen LogP contribution in [0.4, 0.5) is 0 Å². The number of pyridine rings is 1. The van der Waals surface area contributed by atoms with E-state index < -0.39 is 12.0 Å². The monoisotopic (exact) mass is 456 g/mol. The first-order valence-electron chi connectivity index (χ1n) is 10.7. The number of benzene rings is 1. The van der Waals surface area contributed by atoms with Gasteiger partial charge in [0.25, 0.3) is 0 Å². The normalized spacial score (nSPS) is 11.6. The van der Waals surface area contributed by atoms with Crippen LogP contribution in [0.1, 0.15) is 41.4 Å². The van der Waals surface area contributed by atoms with Crippen molar-refractivity contribution in [3.8, 4) is 23.2 Å². The number of hydrogen-bond acceptors (Lipinski definition) is 7. The van der Waals surface area contributed by atoms with Gasteiger partial charge >= 0.3 is 0 Å². The van der Waals surface area contributed by atoms with Crippen molar-refractivity contribution in [3.63, 3.8) is 0 Å². The lowest BCUT2D eigenvalue weighted by Gasteiger charge is -2.07. The number of hydrogen-bond donors (Lipinski definition) is 3. The van der Waals surface area contributed by atoms with Crippen molar-refractivity contribution >= 4 is 5.91 Å². The number of imidazole rings is 1. The Balaban J connectivity index is 1.37. The Labute approximate surface area is 196 Å². The van der Waals surface area contributed by atoms with Crippen molar-refractivity contribution in [1.29, 1.82) is 0 Å². The molecule has 1 aromatic carbocycles. The molecule has 0 spiro atoms. The van der Waals surface area contributed by atoms with Crippen LogP contribution in [0.25, 0.3) is 11.3 Å². The van der Waals surface area contributed by atoms with Gasteiger partial charge in [0.15, 0.2) is 5.76 Å². The van der Waals surface area contributed by atoms with Gasteiger partial charge in [-0.15, -0.1) is 0 Å².